The summed E-state index contributed by atoms with van der Waals surface area (Å²) in [5.74, 6) is 3.47. The first-order chi connectivity index (χ1) is 10.5. The lowest BCUT2D eigenvalue weighted by molar-refractivity contribution is 0.261. The second-order valence-electron chi connectivity index (χ2n) is 8.47. The molecule has 22 heavy (non-hydrogen) atoms. The Labute approximate surface area is 139 Å². The summed E-state index contributed by atoms with van der Waals surface area (Å²) in [5.41, 5.74) is 2.27. The molecule has 2 rings (SSSR count). The molecular weight excluding hydrogens is 264 g/mol. The molecule has 0 fully saturated rings. The third kappa shape index (κ3) is 4.74. The monoisotopic (exact) mass is 301 g/mol. The molecule has 0 bridgehead atoms. The first-order valence-electron chi connectivity index (χ1n) is 9.74. The summed E-state index contributed by atoms with van der Waals surface area (Å²) in [4.78, 5) is 0. The molecule has 0 aromatic heterocycles. The standard InChI is InChI=1S/C22H37/c1-18(2)12-13-20-10-6-7-11-21(20)22(17-14-19(3)4)15-8-5-9-16-22/h5,8,11,18-19H,6-7,9-10,12-17H2,1-4H3. The highest BCUT2D eigenvalue weighted by molar-refractivity contribution is 5.35. The minimum Gasteiger partial charge on any atom is -0.0885 e. The van der Waals surface area contributed by atoms with E-state index in [0.29, 0.717) is 5.41 Å². The van der Waals surface area contributed by atoms with Crippen LogP contribution in [-0.4, -0.2) is 0 Å². The predicted molar refractivity (Wildman–Crippen MR) is 98.7 cm³/mol. The van der Waals surface area contributed by atoms with Gasteiger partial charge in [0.2, 0.25) is 0 Å². The topological polar surface area (TPSA) is 0 Å². The van der Waals surface area contributed by atoms with E-state index < -0.39 is 0 Å². The van der Waals surface area contributed by atoms with Gasteiger partial charge in [-0.25, -0.2) is 0 Å². The van der Waals surface area contributed by atoms with E-state index in [9.17, 15) is 0 Å². The molecule has 0 saturated heterocycles. The van der Waals surface area contributed by atoms with E-state index >= 15 is 0 Å². The Kier molecular flexibility index (Phi) is 6.78. The van der Waals surface area contributed by atoms with Gasteiger partial charge in [0.05, 0.1) is 0 Å². The van der Waals surface area contributed by atoms with Crippen molar-refractivity contribution in [2.75, 3.05) is 0 Å². The van der Waals surface area contributed by atoms with Gasteiger partial charge in [-0.2, -0.15) is 0 Å². The second kappa shape index (κ2) is 8.37. The van der Waals surface area contributed by atoms with E-state index in [1.165, 1.54) is 64.2 Å². The molecule has 0 saturated carbocycles. The van der Waals surface area contributed by atoms with Crippen LogP contribution >= 0.6 is 0 Å². The van der Waals surface area contributed by atoms with Crippen molar-refractivity contribution in [1.82, 2.24) is 0 Å². The van der Waals surface area contributed by atoms with Crippen LogP contribution in [0.3, 0.4) is 0 Å². The molecular formula is C22H37. The molecule has 0 aromatic carbocycles. The Bertz CT molecular complexity index is 385. The Balaban J connectivity index is 2.16. The van der Waals surface area contributed by atoms with Gasteiger partial charge in [0.25, 0.3) is 0 Å². The highest BCUT2D eigenvalue weighted by atomic mass is 14.4. The minimum atomic E-state index is 0.478. The highest BCUT2D eigenvalue weighted by Crippen LogP contribution is 2.51. The smallest absolute Gasteiger partial charge is 0.00115 e. The Morgan fingerprint density at radius 3 is 2.41 bits per heavy atom. The fourth-order valence-electron chi connectivity index (χ4n) is 4.21. The lowest BCUT2D eigenvalue weighted by Crippen LogP contribution is -2.30. The minimum absolute atomic E-state index is 0.478. The fourth-order valence-corrected chi connectivity index (χ4v) is 4.21. The Morgan fingerprint density at radius 1 is 1.00 bits per heavy atom. The van der Waals surface area contributed by atoms with Crippen LogP contribution in [0, 0.1) is 23.2 Å². The molecule has 2 aliphatic carbocycles. The van der Waals surface area contributed by atoms with Gasteiger partial charge in [0.15, 0.2) is 0 Å². The zero-order valence-corrected chi connectivity index (χ0v) is 15.5. The third-order valence-electron chi connectivity index (χ3n) is 5.67. The number of hydrogen-bond donors (Lipinski definition) is 0. The van der Waals surface area contributed by atoms with Gasteiger partial charge in [-0.15, -0.1) is 0 Å². The lowest BCUT2D eigenvalue weighted by Gasteiger charge is -2.43. The second-order valence-corrected chi connectivity index (χ2v) is 8.47. The Hall–Kier alpha value is -0.520. The van der Waals surface area contributed by atoms with Gasteiger partial charge in [-0.05, 0) is 68.6 Å². The van der Waals surface area contributed by atoms with Gasteiger partial charge in [-0.1, -0.05) is 64.3 Å². The van der Waals surface area contributed by atoms with Crippen LogP contribution in [-0.2, 0) is 0 Å². The summed E-state index contributed by atoms with van der Waals surface area (Å²) in [6.45, 7) is 9.49. The maximum Gasteiger partial charge on any atom is 0.00115 e. The highest BCUT2D eigenvalue weighted by Gasteiger charge is 2.38. The van der Waals surface area contributed by atoms with Gasteiger partial charge in [0, 0.05) is 5.92 Å². The van der Waals surface area contributed by atoms with Crippen molar-refractivity contribution in [2.24, 2.45) is 17.3 Å². The summed E-state index contributed by atoms with van der Waals surface area (Å²) in [7, 11) is 0. The molecule has 1 radical (unpaired) electrons. The zero-order valence-electron chi connectivity index (χ0n) is 15.5. The maximum absolute atomic E-state index is 2.64. The molecule has 0 amide bonds. The van der Waals surface area contributed by atoms with Crippen LogP contribution in [0.1, 0.15) is 91.9 Å². The van der Waals surface area contributed by atoms with Crippen molar-refractivity contribution >= 4 is 0 Å². The number of hydrogen-bond acceptors (Lipinski definition) is 0. The summed E-state index contributed by atoms with van der Waals surface area (Å²) in [6.07, 6.45) is 21.0. The van der Waals surface area contributed by atoms with E-state index in [1.807, 2.05) is 5.92 Å². The Morgan fingerprint density at radius 2 is 1.77 bits per heavy atom. The molecule has 1 unspecified atom stereocenters. The average molecular weight is 302 g/mol. The SMILES string of the molecule is CC(C)CC[C]1CCCC=C1C1(CCC(C)C)CC=CCC1. The molecule has 0 heterocycles. The average Bonchev–Trinajstić information content (AvgIpc) is 2.52. The van der Waals surface area contributed by atoms with E-state index in [2.05, 4.69) is 45.9 Å². The van der Waals surface area contributed by atoms with Gasteiger partial charge < -0.3 is 0 Å². The number of allylic oxidation sites excluding steroid dienone is 4. The van der Waals surface area contributed by atoms with E-state index in [-0.39, 0.29) is 0 Å². The van der Waals surface area contributed by atoms with Crippen molar-refractivity contribution in [3.8, 4) is 0 Å². The summed E-state index contributed by atoms with van der Waals surface area (Å²) < 4.78 is 0. The molecule has 0 aromatic rings. The molecule has 0 spiro atoms. The van der Waals surface area contributed by atoms with E-state index in [1.54, 1.807) is 5.57 Å². The van der Waals surface area contributed by atoms with Crippen LogP contribution in [0.5, 0.6) is 0 Å². The van der Waals surface area contributed by atoms with Crippen LogP contribution in [0.25, 0.3) is 0 Å². The van der Waals surface area contributed by atoms with E-state index in [4.69, 9.17) is 0 Å². The van der Waals surface area contributed by atoms with Crippen molar-refractivity contribution in [2.45, 2.75) is 91.9 Å². The van der Waals surface area contributed by atoms with Crippen LogP contribution in [0.2, 0.25) is 0 Å². The van der Waals surface area contributed by atoms with Crippen molar-refractivity contribution < 1.29 is 0 Å². The first kappa shape index (κ1) is 17.8. The van der Waals surface area contributed by atoms with Crippen LogP contribution in [0.15, 0.2) is 23.8 Å². The van der Waals surface area contributed by atoms with Crippen LogP contribution < -0.4 is 0 Å². The lowest BCUT2D eigenvalue weighted by atomic mass is 9.61. The molecule has 2 aliphatic rings. The largest absolute Gasteiger partial charge is 0.0885 e. The summed E-state index contributed by atoms with van der Waals surface area (Å²) in [5, 5.41) is 0. The number of rotatable bonds is 7. The third-order valence-corrected chi connectivity index (χ3v) is 5.67. The van der Waals surface area contributed by atoms with Crippen molar-refractivity contribution in [3.05, 3.63) is 29.7 Å². The zero-order chi connectivity index (χ0) is 16.0. The van der Waals surface area contributed by atoms with E-state index in [0.717, 1.165) is 11.8 Å². The molecule has 0 nitrogen and oxygen atoms in total. The van der Waals surface area contributed by atoms with Crippen LogP contribution in [0.4, 0.5) is 0 Å². The molecule has 1 atom stereocenters. The molecule has 0 N–H and O–H groups in total. The fraction of sp³-hybridized carbons (Fsp3) is 0.773. The van der Waals surface area contributed by atoms with Crippen molar-refractivity contribution in [1.29, 1.82) is 0 Å². The summed E-state index contributed by atoms with van der Waals surface area (Å²) in [6, 6.07) is 0. The molecule has 125 valence electrons. The van der Waals surface area contributed by atoms with Gasteiger partial charge >= 0.3 is 0 Å². The normalized spacial score (nSPS) is 26.7. The summed E-state index contributed by atoms with van der Waals surface area (Å²) >= 11 is 0. The first-order valence-corrected chi connectivity index (χ1v) is 9.74. The molecule has 0 heteroatoms. The van der Waals surface area contributed by atoms with Gasteiger partial charge in [0.1, 0.15) is 0 Å². The van der Waals surface area contributed by atoms with Crippen molar-refractivity contribution in [3.63, 3.8) is 0 Å². The maximum atomic E-state index is 2.64. The molecule has 0 aliphatic heterocycles. The predicted octanol–water partition coefficient (Wildman–Crippen LogP) is 7.27. The van der Waals surface area contributed by atoms with Gasteiger partial charge in [-0.3, -0.25) is 0 Å². The quantitative estimate of drug-likeness (QED) is 0.434.